The number of hydrogen-bond donors (Lipinski definition) is 0. The van der Waals surface area contributed by atoms with Crippen molar-refractivity contribution in [3.63, 3.8) is 0 Å². The van der Waals surface area contributed by atoms with Crippen LogP contribution in [0.4, 0.5) is 0 Å². The van der Waals surface area contributed by atoms with Gasteiger partial charge in [0.2, 0.25) is 11.7 Å². The average molecular weight is 406 g/mol. The first-order chi connectivity index (χ1) is 14.4. The van der Waals surface area contributed by atoms with Crippen molar-refractivity contribution in [3.8, 4) is 17.2 Å². The Labute approximate surface area is 175 Å². The molecular formula is C22H26N6O2. The van der Waals surface area contributed by atoms with E-state index in [-0.39, 0.29) is 5.91 Å². The summed E-state index contributed by atoms with van der Waals surface area (Å²) < 4.78 is 7.52. The lowest BCUT2D eigenvalue weighted by atomic mass is 9.84. The summed E-state index contributed by atoms with van der Waals surface area (Å²) in [4.78, 5) is 26.0. The minimum Gasteiger partial charge on any atom is -0.337 e. The minimum absolute atomic E-state index is 0.0123. The molecule has 0 bridgehead atoms. The lowest BCUT2D eigenvalue weighted by Gasteiger charge is -2.37. The van der Waals surface area contributed by atoms with E-state index in [1.807, 2.05) is 28.8 Å². The molecule has 1 aromatic carbocycles. The van der Waals surface area contributed by atoms with Crippen molar-refractivity contribution in [1.82, 2.24) is 29.5 Å². The first-order valence-corrected chi connectivity index (χ1v) is 10.4. The summed E-state index contributed by atoms with van der Waals surface area (Å²) in [5.74, 6) is 1.06. The number of para-hydroxylation sites is 1. The number of carbonyl (C=O) groups excluding carboxylic acids is 1. The van der Waals surface area contributed by atoms with Gasteiger partial charge in [0.25, 0.3) is 5.91 Å². The van der Waals surface area contributed by atoms with Gasteiger partial charge in [0.15, 0.2) is 0 Å². The third-order valence-corrected chi connectivity index (χ3v) is 6.01. The number of hydrogen-bond acceptors (Lipinski definition) is 6. The first kappa shape index (κ1) is 19.0. The van der Waals surface area contributed by atoms with Crippen LogP contribution in [0.1, 0.15) is 48.6 Å². The molecular weight excluding hydrogens is 380 g/mol. The van der Waals surface area contributed by atoms with Crippen molar-refractivity contribution in [2.45, 2.75) is 39.8 Å². The van der Waals surface area contributed by atoms with Crippen LogP contribution in [-0.2, 0) is 13.1 Å². The molecule has 156 valence electrons. The van der Waals surface area contributed by atoms with Gasteiger partial charge in [0.05, 0.1) is 30.0 Å². The number of fused-ring (bicyclic) bond motifs is 3. The standard InChI is InChI=1S/C22H26N6O2/c1-22(2)9-6-10-27(13-22)12-18-24-20(25-30-18)19-17-11-26(3)21(29)15-7-4-5-8-16(15)28(17)14-23-19/h4-5,7-8,14H,6,9-13H2,1-3H3. The summed E-state index contributed by atoms with van der Waals surface area (Å²) in [7, 11) is 1.80. The largest absolute Gasteiger partial charge is 0.337 e. The monoisotopic (exact) mass is 406 g/mol. The van der Waals surface area contributed by atoms with Crippen molar-refractivity contribution in [2.75, 3.05) is 20.1 Å². The van der Waals surface area contributed by atoms with Crippen LogP contribution in [0.15, 0.2) is 35.1 Å². The maximum atomic E-state index is 12.8. The van der Waals surface area contributed by atoms with E-state index in [0.29, 0.717) is 41.5 Å². The molecule has 2 aromatic heterocycles. The van der Waals surface area contributed by atoms with Crippen LogP contribution in [-0.4, -0.2) is 55.5 Å². The Morgan fingerprint density at radius 2 is 2.07 bits per heavy atom. The van der Waals surface area contributed by atoms with E-state index in [4.69, 9.17) is 4.52 Å². The Morgan fingerprint density at radius 1 is 1.23 bits per heavy atom. The second kappa shape index (κ2) is 7.05. The van der Waals surface area contributed by atoms with E-state index in [1.165, 1.54) is 12.8 Å². The van der Waals surface area contributed by atoms with Crippen molar-refractivity contribution >= 4 is 5.91 Å². The van der Waals surface area contributed by atoms with Crippen LogP contribution in [0.5, 0.6) is 0 Å². The molecule has 2 aliphatic rings. The second-order valence-corrected chi connectivity index (χ2v) is 9.08. The quantitative estimate of drug-likeness (QED) is 0.665. The van der Waals surface area contributed by atoms with E-state index in [0.717, 1.165) is 24.5 Å². The number of nitrogens with zero attached hydrogens (tertiary/aromatic N) is 6. The van der Waals surface area contributed by atoms with Crippen molar-refractivity contribution in [3.05, 3.63) is 47.7 Å². The zero-order chi connectivity index (χ0) is 20.9. The Morgan fingerprint density at radius 3 is 2.90 bits per heavy atom. The maximum absolute atomic E-state index is 12.8. The van der Waals surface area contributed by atoms with Crippen molar-refractivity contribution in [2.24, 2.45) is 5.41 Å². The lowest BCUT2D eigenvalue weighted by Crippen LogP contribution is -2.39. The number of piperidine rings is 1. The Hall–Kier alpha value is -3.00. The van der Waals surface area contributed by atoms with Gasteiger partial charge < -0.3 is 9.42 Å². The predicted octanol–water partition coefficient (Wildman–Crippen LogP) is 3.13. The molecule has 5 rings (SSSR count). The van der Waals surface area contributed by atoms with E-state index in [2.05, 4.69) is 33.9 Å². The first-order valence-electron chi connectivity index (χ1n) is 10.4. The van der Waals surface area contributed by atoms with Gasteiger partial charge in [-0.05, 0) is 36.9 Å². The number of benzene rings is 1. The van der Waals surface area contributed by atoms with Gasteiger partial charge in [-0.15, -0.1) is 0 Å². The van der Waals surface area contributed by atoms with Crippen molar-refractivity contribution < 1.29 is 9.32 Å². The molecule has 8 heteroatoms. The highest BCUT2D eigenvalue weighted by Gasteiger charge is 2.29. The Bertz CT molecular complexity index is 1100. The molecule has 0 aliphatic carbocycles. The molecule has 0 spiro atoms. The zero-order valence-electron chi connectivity index (χ0n) is 17.6. The molecule has 1 amide bonds. The van der Waals surface area contributed by atoms with Crippen LogP contribution in [0.25, 0.3) is 17.2 Å². The molecule has 2 aliphatic heterocycles. The molecule has 0 saturated carbocycles. The highest BCUT2D eigenvalue weighted by molar-refractivity contribution is 5.98. The van der Waals surface area contributed by atoms with Gasteiger partial charge in [-0.1, -0.05) is 31.1 Å². The van der Waals surface area contributed by atoms with Crippen LogP contribution in [0, 0.1) is 5.41 Å². The van der Waals surface area contributed by atoms with Crippen LogP contribution in [0.2, 0.25) is 0 Å². The van der Waals surface area contributed by atoms with Gasteiger partial charge in [0, 0.05) is 13.6 Å². The summed E-state index contributed by atoms with van der Waals surface area (Å²) in [5, 5.41) is 4.21. The molecule has 8 nitrogen and oxygen atoms in total. The average Bonchev–Trinajstić information content (AvgIpc) is 3.31. The van der Waals surface area contributed by atoms with Gasteiger partial charge in [0.1, 0.15) is 12.0 Å². The van der Waals surface area contributed by atoms with E-state index in [1.54, 1.807) is 18.3 Å². The molecule has 0 unspecified atom stereocenters. The fourth-order valence-electron chi connectivity index (χ4n) is 4.57. The van der Waals surface area contributed by atoms with Crippen LogP contribution in [0.3, 0.4) is 0 Å². The van der Waals surface area contributed by atoms with Gasteiger partial charge in [-0.25, -0.2) is 4.98 Å². The number of aromatic nitrogens is 4. The highest BCUT2D eigenvalue weighted by atomic mass is 16.5. The fraction of sp³-hybridized carbons (Fsp3) is 0.455. The molecule has 0 atom stereocenters. The van der Waals surface area contributed by atoms with E-state index < -0.39 is 0 Å². The Kier molecular flexibility index (Phi) is 4.47. The number of carbonyl (C=O) groups is 1. The summed E-state index contributed by atoms with van der Waals surface area (Å²) in [6.45, 7) is 7.74. The Balaban J connectivity index is 1.46. The molecule has 1 fully saturated rings. The van der Waals surface area contributed by atoms with E-state index >= 15 is 0 Å². The summed E-state index contributed by atoms with van der Waals surface area (Å²) >= 11 is 0. The molecule has 4 heterocycles. The van der Waals surface area contributed by atoms with Gasteiger partial charge in [-0.3, -0.25) is 14.3 Å². The summed E-state index contributed by atoms with van der Waals surface area (Å²) in [6, 6.07) is 7.57. The predicted molar refractivity (Wildman–Crippen MR) is 111 cm³/mol. The summed E-state index contributed by atoms with van der Waals surface area (Å²) in [6.07, 6.45) is 4.16. The molecule has 1 saturated heterocycles. The van der Waals surface area contributed by atoms with Crippen LogP contribution >= 0.6 is 0 Å². The smallest absolute Gasteiger partial charge is 0.256 e. The third-order valence-electron chi connectivity index (χ3n) is 6.01. The lowest BCUT2D eigenvalue weighted by molar-refractivity contribution is 0.0788. The van der Waals surface area contributed by atoms with Gasteiger partial charge >= 0.3 is 0 Å². The zero-order valence-corrected chi connectivity index (χ0v) is 17.6. The van der Waals surface area contributed by atoms with E-state index in [9.17, 15) is 4.79 Å². The highest BCUT2D eigenvalue weighted by Crippen LogP contribution is 2.31. The van der Waals surface area contributed by atoms with Gasteiger partial charge in [-0.2, -0.15) is 4.98 Å². The van der Waals surface area contributed by atoms with Crippen molar-refractivity contribution in [1.29, 1.82) is 0 Å². The SMILES string of the molecule is CN1Cc2c(-c3noc(CN4CCCC(C)(C)C4)n3)ncn2-c2ccccc2C1=O. The number of imidazole rings is 1. The normalized spacial score (nSPS) is 18.8. The second-order valence-electron chi connectivity index (χ2n) is 9.08. The molecule has 0 radical (unpaired) electrons. The molecule has 3 aromatic rings. The maximum Gasteiger partial charge on any atom is 0.256 e. The fourth-order valence-corrected chi connectivity index (χ4v) is 4.57. The number of likely N-dealkylation sites (tertiary alicyclic amines) is 1. The molecule has 0 N–H and O–H groups in total. The van der Waals surface area contributed by atoms with Crippen LogP contribution < -0.4 is 0 Å². The number of amides is 1. The third kappa shape index (κ3) is 3.31. The minimum atomic E-state index is -0.0123. The number of rotatable bonds is 3. The summed E-state index contributed by atoms with van der Waals surface area (Å²) in [5.41, 5.74) is 3.32. The molecule has 30 heavy (non-hydrogen) atoms. The topological polar surface area (TPSA) is 80.3 Å².